The van der Waals surface area contributed by atoms with Gasteiger partial charge in [0.2, 0.25) is 5.91 Å². The lowest BCUT2D eigenvalue weighted by atomic mass is 9.81. The lowest BCUT2D eigenvalue weighted by Crippen LogP contribution is -2.41. The first-order valence-corrected chi connectivity index (χ1v) is 5.97. The molecule has 1 aromatic rings. The van der Waals surface area contributed by atoms with E-state index in [1.165, 1.54) is 11.3 Å². The van der Waals surface area contributed by atoms with Crippen LogP contribution < -0.4 is 11.1 Å². The minimum atomic E-state index is -0.453. The van der Waals surface area contributed by atoms with Gasteiger partial charge in [-0.25, -0.2) is 4.98 Å². The van der Waals surface area contributed by atoms with Crippen LogP contribution in [-0.4, -0.2) is 17.4 Å². The molecule has 15 heavy (non-hydrogen) atoms. The quantitative estimate of drug-likeness (QED) is 0.806. The number of nitrogens with zero attached hydrogens (tertiary/aromatic N) is 1. The van der Waals surface area contributed by atoms with Crippen LogP contribution in [0.3, 0.4) is 0 Å². The zero-order valence-corrected chi connectivity index (χ0v) is 9.93. The molecule has 1 heterocycles. The molecule has 3 N–H and O–H groups in total. The fourth-order valence-electron chi connectivity index (χ4n) is 1.47. The molecule has 4 nitrogen and oxygen atoms in total. The van der Waals surface area contributed by atoms with Gasteiger partial charge in [0.05, 0.1) is 5.41 Å². The van der Waals surface area contributed by atoms with Gasteiger partial charge in [-0.2, -0.15) is 0 Å². The van der Waals surface area contributed by atoms with Crippen molar-refractivity contribution in [3.63, 3.8) is 0 Å². The number of amides is 1. The number of thiazole rings is 1. The van der Waals surface area contributed by atoms with E-state index in [2.05, 4.69) is 10.3 Å². The van der Waals surface area contributed by atoms with Crippen LogP contribution in [-0.2, 0) is 4.79 Å². The second-order valence-electron chi connectivity index (χ2n) is 3.48. The average Bonchev–Trinajstić information content (AvgIpc) is 2.74. The zero-order valence-electron chi connectivity index (χ0n) is 9.12. The van der Waals surface area contributed by atoms with E-state index in [1.807, 2.05) is 19.2 Å². The summed E-state index contributed by atoms with van der Waals surface area (Å²) >= 11 is 1.41. The third kappa shape index (κ3) is 2.54. The third-order valence-electron chi connectivity index (χ3n) is 2.88. The smallest absolute Gasteiger partial charge is 0.233 e. The Morgan fingerprint density at radius 3 is 2.67 bits per heavy atom. The maximum atomic E-state index is 12.0. The standard InChI is InChI=1S/C10H17N3OS/c1-3-10(4-2,7-11)8(14)13-9-12-5-6-15-9/h5-6H,3-4,7,11H2,1-2H3,(H,12,13,14). The molecule has 0 aromatic carbocycles. The molecule has 1 amide bonds. The molecule has 0 unspecified atom stereocenters. The summed E-state index contributed by atoms with van der Waals surface area (Å²) in [5.41, 5.74) is 5.23. The molecule has 0 fully saturated rings. The molecule has 0 bridgehead atoms. The second-order valence-corrected chi connectivity index (χ2v) is 4.38. The van der Waals surface area contributed by atoms with E-state index < -0.39 is 5.41 Å². The van der Waals surface area contributed by atoms with Crippen molar-refractivity contribution in [1.82, 2.24) is 4.98 Å². The number of carbonyl (C=O) groups excluding carboxylic acids is 1. The van der Waals surface area contributed by atoms with Gasteiger partial charge < -0.3 is 11.1 Å². The maximum Gasteiger partial charge on any atom is 0.233 e. The van der Waals surface area contributed by atoms with Crippen LogP contribution in [0.2, 0.25) is 0 Å². The van der Waals surface area contributed by atoms with Crippen molar-refractivity contribution in [3.8, 4) is 0 Å². The Morgan fingerprint density at radius 1 is 1.60 bits per heavy atom. The number of anilines is 1. The second kappa shape index (κ2) is 5.23. The molecule has 5 heteroatoms. The fourth-order valence-corrected chi connectivity index (χ4v) is 1.99. The summed E-state index contributed by atoms with van der Waals surface area (Å²) in [6, 6.07) is 0. The predicted molar refractivity (Wildman–Crippen MR) is 62.8 cm³/mol. The van der Waals surface area contributed by atoms with Crippen molar-refractivity contribution in [2.45, 2.75) is 26.7 Å². The highest BCUT2D eigenvalue weighted by Crippen LogP contribution is 2.27. The van der Waals surface area contributed by atoms with Gasteiger partial charge >= 0.3 is 0 Å². The number of carbonyl (C=O) groups is 1. The Labute approximate surface area is 93.9 Å². The van der Waals surface area contributed by atoms with Crippen LogP contribution in [0.15, 0.2) is 11.6 Å². The molecule has 0 aliphatic carbocycles. The highest BCUT2D eigenvalue weighted by atomic mass is 32.1. The monoisotopic (exact) mass is 227 g/mol. The van der Waals surface area contributed by atoms with Gasteiger partial charge in [-0.05, 0) is 12.8 Å². The van der Waals surface area contributed by atoms with E-state index in [1.54, 1.807) is 6.20 Å². The summed E-state index contributed by atoms with van der Waals surface area (Å²) in [7, 11) is 0. The van der Waals surface area contributed by atoms with Crippen molar-refractivity contribution in [3.05, 3.63) is 11.6 Å². The number of nitrogens with one attached hydrogen (secondary N) is 1. The molecule has 84 valence electrons. The molecule has 1 aromatic heterocycles. The summed E-state index contributed by atoms with van der Waals surface area (Å²) in [5.74, 6) is -0.0232. The van der Waals surface area contributed by atoms with E-state index >= 15 is 0 Å². The first-order valence-electron chi connectivity index (χ1n) is 5.09. The van der Waals surface area contributed by atoms with Gasteiger partial charge in [-0.3, -0.25) is 4.79 Å². The van der Waals surface area contributed by atoms with Crippen molar-refractivity contribution in [2.75, 3.05) is 11.9 Å². The van der Waals surface area contributed by atoms with E-state index in [0.29, 0.717) is 11.7 Å². The van der Waals surface area contributed by atoms with Crippen LogP contribution >= 0.6 is 11.3 Å². The summed E-state index contributed by atoms with van der Waals surface area (Å²) in [5, 5.41) is 5.27. The van der Waals surface area contributed by atoms with Crippen molar-refractivity contribution in [2.24, 2.45) is 11.1 Å². The Kier molecular flexibility index (Phi) is 4.23. The van der Waals surface area contributed by atoms with Crippen LogP contribution in [0.25, 0.3) is 0 Å². The van der Waals surface area contributed by atoms with Crippen LogP contribution in [0.4, 0.5) is 5.13 Å². The first-order chi connectivity index (χ1) is 7.18. The van der Waals surface area contributed by atoms with Gasteiger partial charge in [0.15, 0.2) is 5.13 Å². The summed E-state index contributed by atoms with van der Waals surface area (Å²) in [6.07, 6.45) is 3.16. The Morgan fingerprint density at radius 2 is 2.27 bits per heavy atom. The van der Waals surface area contributed by atoms with Gasteiger partial charge in [-0.15, -0.1) is 11.3 Å². The maximum absolute atomic E-state index is 12.0. The predicted octanol–water partition coefficient (Wildman–Crippen LogP) is 1.85. The van der Waals surface area contributed by atoms with Gasteiger partial charge in [0, 0.05) is 18.1 Å². The lowest BCUT2D eigenvalue weighted by molar-refractivity contribution is -0.125. The molecule has 0 aliphatic rings. The molecule has 0 spiro atoms. The topological polar surface area (TPSA) is 68.0 Å². The molecule has 0 saturated carbocycles. The summed E-state index contributed by atoms with van der Waals surface area (Å²) in [6.45, 7) is 4.34. The average molecular weight is 227 g/mol. The Hall–Kier alpha value is -0.940. The van der Waals surface area contributed by atoms with Gasteiger partial charge in [-0.1, -0.05) is 13.8 Å². The van der Waals surface area contributed by atoms with Crippen LogP contribution in [0.1, 0.15) is 26.7 Å². The normalized spacial score (nSPS) is 11.4. The summed E-state index contributed by atoms with van der Waals surface area (Å²) in [4.78, 5) is 16.0. The van der Waals surface area contributed by atoms with Crippen LogP contribution in [0, 0.1) is 5.41 Å². The molecule has 0 atom stereocenters. The minimum Gasteiger partial charge on any atom is -0.329 e. The highest BCUT2D eigenvalue weighted by molar-refractivity contribution is 7.13. The Bertz CT molecular complexity index is 298. The largest absolute Gasteiger partial charge is 0.329 e. The van der Waals surface area contributed by atoms with Crippen molar-refractivity contribution in [1.29, 1.82) is 0 Å². The molecule has 0 saturated heterocycles. The van der Waals surface area contributed by atoms with E-state index in [9.17, 15) is 4.79 Å². The number of hydrogen-bond acceptors (Lipinski definition) is 4. The number of nitrogens with two attached hydrogens (primary N) is 1. The first kappa shape index (κ1) is 12.1. The number of rotatable bonds is 5. The van der Waals surface area contributed by atoms with E-state index in [-0.39, 0.29) is 5.91 Å². The molecule has 0 aliphatic heterocycles. The van der Waals surface area contributed by atoms with E-state index in [0.717, 1.165) is 12.8 Å². The third-order valence-corrected chi connectivity index (χ3v) is 3.57. The SMILES string of the molecule is CCC(CC)(CN)C(=O)Nc1nccs1. The minimum absolute atomic E-state index is 0.0232. The van der Waals surface area contributed by atoms with Gasteiger partial charge in [0.1, 0.15) is 0 Å². The fraction of sp³-hybridized carbons (Fsp3) is 0.600. The van der Waals surface area contributed by atoms with Crippen LogP contribution in [0.5, 0.6) is 0 Å². The van der Waals surface area contributed by atoms with Crippen molar-refractivity contribution < 1.29 is 4.79 Å². The lowest BCUT2D eigenvalue weighted by Gasteiger charge is -2.27. The van der Waals surface area contributed by atoms with Crippen molar-refractivity contribution >= 4 is 22.4 Å². The van der Waals surface area contributed by atoms with E-state index in [4.69, 9.17) is 5.73 Å². The number of hydrogen-bond donors (Lipinski definition) is 2. The molecular weight excluding hydrogens is 210 g/mol. The zero-order chi connectivity index (χ0) is 11.3. The highest BCUT2D eigenvalue weighted by Gasteiger charge is 2.33. The Balaban J connectivity index is 2.73. The van der Waals surface area contributed by atoms with Gasteiger partial charge in [0.25, 0.3) is 0 Å². The number of aromatic nitrogens is 1. The molecule has 0 radical (unpaired) electrons. The molecular formula is C10H17N3OS. The summed E-state index contributed by atoms with van der Waals surface area (Å²) < 4.78 is 0. The molecule has 1 rings (SSSR count).